The quantitative estimate of drug-likeness (QED) is 0.665. The van der Waals surface area contributed by atoms with Crippen LogP contribution in [0, 0.1) is 5.92 Å². The first kappa shape index (κ1) is 10.9. The number of rotatable bonds is 2. The zero-order chi connectivity index (χ0) is 10.9. The summed E-state index contributed by atoms with van der Waals surface area (Å²) in [7, 11) is 0. The summed E-state index contributed by atoms with van der Waals surface area (Å²) < 4.78 is 5.09. The SMILES string of the molecule is CC1(C)COC(=O)CN1CC1CCNC1. The highest BCUT2D eigenvalue weighted by Gasteiger charge is 2.36. The average Bonchev–Trinajstić information content (AvgIpc) is 2.65. The minimum absolute atomic E-state index is 0.00347. The second-order valence-electron chi connectivity index (χ2n) is 5.21. The van der Waals surface area contributed by atoms with E-state index in [4.69, 9.17) is 4.74 Å². The minimum Gasteiger partial charge on any atom is -0.463 e. The van der Waals surface area contributed by atoms with E-state index in [1.807, 2.05) is 0 Å². The van der Waals surface area contributed by atoms with Crippen molar-refractivity contribution in [3.05, 3.63) is 0 Å². The largest absolute Gasteiger partial charge is 0.463 e. The predicted octanol–water partition coefficient (Wildman–Crippen LogP) is 0.233. The Morgan fingerprint density at radius 1 is 1.60 bits per heavy atom. The molecule has 2 aliphatic rings. The highest BCUT2D eigenvalue weighted by Crippen LogP contribution is 2.22. The molecule has 4 heteroatoms. The maximum Gasteiger partial charge on any atom is 0.320 e. The molecule has 0 spiro atoms. The first-order chi connectivity index (χ1) is 7.08. The van der Waals surface area contributed by atoms with Gasteiger partial charge in [0.2, 0.25) is 0 Å². The van der Waals surface area contributed by atoms with Crippen LogP contribution >= 0.6 is 0 Å². The number of cyclic esters (lactones) is 1. The normalized spacial score (nSPS) is 31.6. The molecule has 2 heterocycles. The van der Waals surface area contributed by atoms with Gasteiger partial charge in [0.15, 0.2) is 0 Å². The lowest BCUT2D eigenvalue weighted by Crippen LogP contribution is -2.56. The van der Waals surface area contributed by atoms with Gasteiger partial charge in [-0.25, -0.2) is 0 Å². The van der Waals surface area contributed by atoms with Crippen molar-refractivity contribution in [2.24, 2.45) is 5.92 Å². The van der Waals surface area contributed by atoms with Crippen LogP contribution in [0.5, 0.6) is 0 Å². The third kappa shape index (κ3) is 2.49. The van der Waals surface area contributed by atoms with Crippen molar-refractivity contribution in [2.45, 2.75) is 25.8 Å². The molecule has 0 saturated carbocycles. The maximum atomic E-state index is 11.3. The highest BCUT2D eigenvalue weighted by atomic mass is 16.5. The second-order valence-corrected chi connectivity index (χ2v) is 5.21. The van der Waals surface area contributed by atoms with E-state index in [1.165, 1.54) is 6.42 Å². The first-order valence-electron chi connectivity index (χ1n) is 5.69. The number of carbonyl (C=O) groups excluding carboxylic acids is 1. The molecule has 0 aliphatic carbocycles. The van der Waals surface area contributed by atoms with Gasteiger partial charge in [0.25, 0.3) is 0 Å². The Balaban J connectivity index is 1.94. The van der Waals surface area contributed by atoms with E-state index in [1.54, 1.807) is 0 Å². The minimum atomic E-state index is -0.0831. The van der Waals surface area contributed by atoms with Crippen molar-refractivity contribution in [1.82, 2.24) is 10.2 Å². The van der Waals surface area contributed by atoms with Gasteiger partial charge >= 0.3 is 5.97 Å². The number of ether oxygens (including phenoxy) is 1. The van der Waals surface area contributed by atoms with E-state index in [0.29, 0.717) is 19.1 Å². The Hall–Kier alpha value is -0.610. The van der Waals surface area contributed by atoms with Gasteiger partial charge in [-0.3, -0.25) is 9.69 Å². The van der Waals surface area contributed by atoms with Gasteiger partial charge in [0.05, 0.1) is 12.1 Å². The fourth-order valence-corrected chi connectivity index (χ4v) is 2.26. The van der Waals surface area contributed by atoms with Gasteiger partial charge in [0.1, 0.15) is 6.61 Å². The molecule has 0 aromatic rings. The van der Waals surface area contributed by atoms with Crippen molar-refractivity contribution in [1.29, 1.82) is 0 Å². The monoisotopic (exact) mass is 212 g/mol. The molecule has 4 nitrogen and oxygen atoms in total. The topological polar surface area (TPSA) is 41.6 Å². The summed E-state index contributed by atoms with van der Waals surface area (Å²) >= 11 is 0. The Morgan fingerprint density at radius 2 is 2.40 bits per heavy atom. The zero-order valence-corrected chi connectivity index (χ0v) is 9.58. The van der Waals surface area contributed by atoms with Crippen LogP contribution in [0.25, 0.3) is 0 Å². The molecule has 2 rings (SSSR count). The van der Waals surface area contributed by atoms with E-state index in [0.717, 1.165) is 19.6 Å². The summed E-state index contributed by atoms with van der Waals surface area (Å²) in [5, 5.41) is 3.36. The summed E-state index contributed by atoms with van der Waals surface area (Å²) in [6.07, 6.45) is 1.22. The highest BCUT2D eigenvalue weighted by molar-refractivity contribution is 5.72. The van der Waals surface area contributed by atoms with Crippen LogP contribution in [0.1, 0.15) is 20.3 Å². The van der Waals surface area contributed by atoms with Crippen molar-refractivity contribution >= 4 is 5.97 Å². The first-order valence-corrected chi connectivity index (χ1v) is 5.69. The van der Waals surface area contributed by atoms with E-state index >= 15 is 0 Å². The Labute approximate surface area is 91.0 Å². The Kier molecular flexibility index (Phi) is 2.98. The van der Waals surface area contributed by atoms with Crippen molar-refractivity contribution in [3.63, 3.8) is 0 Å². The standard InChI is InChI=1S/C11H20N2O2/c1-11(2)8-15-10(14)7-13(11)6-9-3-4-12-5-9/h9,12H,3-8H2,1-2H3. The summed E-state index contributed by atoms with van der Waals surface area (Å²) in [6.45, 7) is 8.46. The lowest BCUT2D eigenvalue weighted by molar-refractivity contribution is -0.160. The molecule has 2 aliphatic heterocycles. The number of carbonyl (C=O) groups is 1. The van der Waals surface area contributed by atoms with Crippen molar-refractivity contribution in [3.8, 4) is 0 Å². The van der Waals surface area contributed by atoms with Crippen LogP contribution in [0.3, 0.4) is 0 Å². The smallest absolute Gasteiger partial charge is 0.320 e. The van der Waals surface area contributed by atoms with E-state index in [-0.39, 0.29) is 11.5 Å². The number of nitrogens with one attached hydrogen (secondary N) is 1. The predicted molar refractivity (Wildman–Crippen MR) is 57.6 cm³/mol. The van der Waals surface area contributed by atoms with Crippen LogP contribution in [0.2, 0.25) is 0 Å². The van der Waals surface area contributed by atoms with Gasteiger partial charge in [-0.2, -0.15) is 0 Å². The van der Waals surface area contributed by atoms with Crippen LogP contribution in [-0.2, 0) is 9.53 Å². The second kappa shape index (κ2) is 4.10. The van der Waals surface area contributed by atoms with Gasteiger partial charge < -0.3 is 10.1 Å². The summed E-state index contributed by atoms with van der Waals surface area (Å²) in [4.78, 5) is 13.5. The average molecular weight is 212 g/mol. The van der Waals surface area contributed by atoms with Gasteiger partial charge in [0, 0.05) is 6.54 Å². The third-order valence-corrected chi connectivity index (χ3v) is 3.40. The number of esters is 1. The Morgan fingerprint density at radius 3 is 3.07 bits per heavy atom. The Bertz CT molecular complexity index is 247. The van der Waals surface area contributed by atoms with Crippen molar-refractivity contribution < 1.29 is 9.53 Å². The van der Waals surface area contributed by atoms with E-state index in [9.17, 15) is 4.79 Å². The number of morpholine rings is 1. The molecule has 0 bridgehead atoms. The molecule has 1 atom stereocenters. The summed E-state index contributed by atoms with van der Waals surface area (Å²) in [5.41, 5.74) is -0.00347. The molecule has 0 amide bonds. The third-order valence-electron chi connectivity index (χ3n) is 3.40. The lowest BCUT2D eigenvalue weighted by atomic mass is 9.99. The molecular formula is C11H20N2O2. The zero-order valence-electron chi connectivity index (χ0n) is 9.58. The van der Waals surface area contributed by atoms with Gasteiger partial charge in [-0.1, -0.05) is 0 Å². The molecular weight excluding hydrogens is 192 g/mol. The number of nitrogens with zero attached hydrogens (tertiary/aromatic N) is 1. The summed E-state index contributed by atoms with van der Waals surface area (Å²) in [6, 6.07) is 0. The van der Waals surface area contributed by atoms with Crippen LogP contribution in [0.4, 0.5) is 0 Å². The van der Waals surface area contributed by atoms with Crippen LogP contribution in [-0.4, -0.2) is 49.2 Å². The molecule has 2 saturated heterocycles. The number of hydrogen-bond acceptors (Lipinski definition) is 4. The van der Waals surface area contributed by atoms with Crippen LogP contribution in [0.15, 0.2) is 0 Å². The molecule has 0 aromatic heterocycles. The van der Waals surface area contributed by atoms with E-state index < -0.39 is 0 Å². The molecule has 1 N–H and O–H groups in total. The molecule has 1 unspecified atom stereocenters. The number of hydrogen-bond donors (Lipinski definition) is 1. The fourth-order valence-electron chi connectivity index (χ4n) is 2.26. The van der Waals surface area contributed by atoms with Crippen molar-refractivity contribution in [2.75, 3.05) is 32.8 Å². The molecule has 0 aromatic carbocycles. The summed E-state index contributed by atoms with van der Waals surface area (Å²) in [5.74, 6) is 0.607. The molecule has 2 fully saturated rings. The fraction of sp³-hybridized carbons (Fsp3) is 0.909. The molecule has 86 valence electrons. The van der Waals surface area contributed by atoms with E-state index in [2.05, 4.69) is 24.1 Å². The maximum absolute atomic E-state index is 11.3. The lowest BCUT2D eigenvalue weighted by Gasteiger charge is -2.42. The van der Waals surface area contributed by atoms with Gasteiger partial charge in [-0.05, 0) is 39.3 Å². The molecule has 0 radical (unpaired) electrons. The van der Waals surface area contributed by atoms with Crippen LogP contribution < -0.4 is 5.32 Å². The van der Waals surface area contributed by atoms with Gasteiger partial charge in [-0.15, -0.1) is 0 Å². The molecule has 15 heavy (non-hydrogen) atoms.